The van der Waals surface area contributed by atoms with Crippen LogP contribution in [0.3, 0.4) is 0 Å². The summed E-state index contributed by atoms with van der Waals surface area (Å²) in [4.78, 5) is 18.9. The van der Waals surface area contributed by atoms with Gasteiger partial charge in [0.15, 0.2) is 0 Å². The van der Waals surface area contributed by atoms with E-state index in [4.69, 9.17) is 4.74 Å². The molecule has 32 heavy (non-hydrogen) atoms. The van der Waals surface area contributed by atoms with Crippen molar-refractivity contribution in [3.05, 3.63) is 71.8 Å². The molecule has 1 saturated heterocycles. The van der Waals surface area contributed by atoms with E-state index < -0.39 is 0 Å². The van der Waals surface area contributed by atoms with Crippen molar-refractivity contribution in [3.8, 4) is 17.2 Å². The van der Waals surface area contributed by atoms with Gasteiger partial charge in [-0.15, -0.1) is 0 Å². The SMILES string of the molecule is Cn1cc(-c2ccncc2C=CC(=O)Nc2ccc(CN3CCOCC3)c(C#N)c2)cn1. The molecule has 3 aromatic rings. The first-order valence-corrected chi connectivity index (χ1v) is 10.4. The molecule has 0 unspecified atom stereocenters. The summed E-state index contributed by atoms with van der Waals surface area (Å²) in [5, 5.41) is 16.6. The molecule has 2 aromatic heterocycles. The van der Waals surface area contributed by atoms with Gasteiger partial charge in [-0.3, -0.25) is 19.4 Å². The molecule has 3 heterocycles. The average molecular weight is 428 g/mol. The van der Waals surface area contributed by atoms with E-state index in [2.05, 4.69) is 26.4 Å². The van der Waals surface area contributed by atoms with Gasteiger partial charge in [-0.1, -0.05) is 6.07 Å². The highest BCUT2D eigenvalue weighted by Crippen LogP contribution is 2.23. The van der Waals surface area contributed by atoms with E-state index in [9.17, 15) is 10.1 Å². The van der Waals surface area contributed by atoms with E-state index in [1.54, 1.807) is 35.4 Å². The van der Waals surface area contributed by atoms with Crippen LogP contribution >= 0.6 is 0 Å². The van der Waals surface area contributed by atoms with E-state index in [1.165, 1.54) is 6.08 Å². The molecule has 0 atom stereocenters. The van der Waals surface area contributed by atoms with Crippen molar-refractivity contribution in [1.82, 2.24) is 19.7 Å². The summed E-state index contributed by atoms with van der Waals surface area (Å²) in [6.45, 7) is 3.81. The fourth-order valence-electron chi connectivity index (χ4n) is 3.61. The van der Waals surface area contributed by atoms with Crippen LogP contribution in [0.2, 0.25) is 0 Å². The summed E-state index contributed by atoms with van der Waals surface area (Å²) in [5.41, 5.74) is 4.79. The molecule has 1 fully saturated rings. The zero-order valence-corrected chi connectivity index (χ0v) is 17.9. The number of nitriles is 1. The van der Waals surface area contributed by atoms with Gasteiger partial charge in [0.2, 0.25) is 5.91 Å². The number of amides is 1. The summed E-state index contributed by atoms with van der Waals surface area (Å²) in [6, 6.07) is 9.57. The third kappa shape index (κ3) is 5.27. The molecule has 0 bridgehead atoms. The Balaban J connectivity index is 1.44. The number of morpholine rings is 1. The molecule has 0 aliphatic carbocycles. The highest BCUT2D eigenvalue weighted by molar-refractivity contribution is 6.02. The number of hydrogen-bond donors (Lipinski definition) is 1. The molecule has 8 heteroatoms. The lowest BCUT2D eigenvalue weighted by Crippen LogP contribution is -2.35. The predicted molar refractivity (Wildman–Crippen MR) is 121 cm³/mol. The Morgan fingerprint density at radius 2 is 2.12 bits per heavy atom. The van der Waals surface area contributed by atoms with Crippen molar-refractivity contribution in [2.45, 2.75) is 6.54 Å². The van der Waals surface area contributed by atoms with Gasteiger partial charge in [-0.05, 0) is 35.4 Å². The van der Waals surface area contributed by atoms with Crippen molar-refractivity contribution in [3.63, 3.8) is 0 Å². The van der Waals surface area contributed by atoms with Gasteiger partial charge in [0.05, 0.1) is 31.0 Å². The maximum absolute atomic E-state index is 12.5. The number of rotatable bonds is 6. The van der Waals surface area contributed by atoms with Crippen LogP contribution in [0, 0.1) is 11.3 Å². The first-order chi connectivity index (χ1) is 15.6. The van der Waals surface area contributed by atoms with Crippen molar-refractivity contribution >= 4 is 17.7 Å². The lowest BCUT2D eigenvalue weighted by molar-refractivity contribution is -0.111. The molecule has 1 N–H and O–H groups in total. The minimum atomic E-state index is -0.282. The van der Waals surface area contributed by atoms with Crippen LogP contribution in [0.4, 0.5) is 5.69 Å². The van der Waals surface area contributed by atoms with Gasteiger partial charge in [-0.25, -0.2) is 0 Å². The molecule has 4 rings (SSSR count). The summed E-state index contributed by atoms with van der Waals surface area (Å²) in [5.74, 6) is -0.282. The molecule has 1 amide bonds. The molecule has 1 aliphatic heterocycles. The second-order valence-corrected chi connectivity index (χ2v) is 7.56. The molecule has 1 aliphatic rings. The molecule has 1 aromatic carbocycles. The fourth-order valence-corrected chi connectivity index (χ4v) is 3.61. The lowest BCUT2D eigenvalue weighted by atomic mass is 10.0. The number of carbonyl (C=O) groups is 1. The van der Waals surface area contributed by atoms with Crippen LogP contribution in [-0.2, 0) is 23.1 Å². The van der Waals surface area contributed by atoms with Gasteiger partial charge in [0.25, 0.3) is 0 Å². The molecular weight excluding hydrogens is 404 g/mol. The topological polar surface area (TPSA) is 96.1 Å². The lowest BCUT2D eigenvalue weighted by Gasteiger charge is -2.26. The normalized spacial score (nSPS) is 14.4. The standard InChI is InChI=1S/C24H24N6O2/c1-29-16-21(15-27-29)23-6-7-26-14-18(23)3-5-24(31)28-22-4-2-19(20(12-22)13-25)17-30-8-10-32-11-9-30/h2-7,12,14-16H,8-11,17H2,1H3,(H,28,31). The summed E-state index contributed by atoms with van der Waals surface area (Å²) in [7, 11) is 1.86. The average Bonchev–Trinajstić information content (AvgIpc) is 3.25. The van der Waals surface area contributed by atoms with Crippen LogP contribution in [0.5, 0.6) is 0 Å². The molecule has 0 spiro atoms. The molecule has 162 valence electrons. The van der Waals surface area contributed by atoms with Crippen LogP contribution < -0.4 is 5.32 Å². The number of nitrogens with one attached hydrogen (secondary N) is 1. The summed E-state index contributed by atoms with van der Waals surface area (Å²) < 4.78 is 7.10. The van der Waals surface area contributed by atoms with E-state index in [1.807, 2.05) is 31.4 Å². The summed E-state index contributed by atoms with van der Waals surface area (Å²) >= 11 is 0. The Labute approximate surface area is 186 Å². The van der Waals surface area contributed by atoms with Gasteiger partial charge < -0.3 is 10.1 Å². The number of pyridine rings is 1. The van der Waals surface area contributed by atoms with E-state index >= 15 is 0 Å². The van der Waals surface area contributed by atoms with Gasteiger partial charge >= 0.3 is 0 Å². The minimum Gasteiger partial charge on any atom is -0.379 e. The van der Waals surface area contributed by atoms with Gasteiger partial charge in [0, 0.05) is 68.2 Å². The van der Waals surface area contributed by atoms with Crippen molar-refractivity contribution in [2.75, 3.05) is 31.6 Å². The number of hydrogen-bond acceptors (Lipinski definition) is 6. The molecule has 0 radical (unpaired) electrons. The zero-order valence-electron chi connectivity index (χ0n) is 17.9. The Bertz CT molecular complexity index is 1170. The summed E-state index contributed by atoms with van der Waals surface area (Å²) in [6.07, 6.45) is 10.3. The maximum atomic E-state index is 12.5. The number of aromatic nitrogens is 3. The first-order valence-electron chi connectivity index (χ1n) is 10.4. The Kier molecular flexibility index (Phi) is 6.70. The highest BCUT2D eigenvalue weighted by atomic mass is 16.5. The molecular formula is C24H24N6O2. The van der Waals surface area contributed by atoms with Crippen LogP contribution in [0.1, 0.15) is 16.7 Å². The van der Waals surface area contributed by atoms with Crippen molar-refractivity contribution in [2.24, 2.45) is 7.05 Å². The third-order valence-electron chi connectivity index (χ3n) is 5.28. The maximum Gasteiger partial charge on any atom is 0.248 e. The molecule has 8 nitrogen and oxygen atoms in total. The minimum absolute atomic E-state index is 0.282. The highest BCUT2D eigenvalue weighted by Gasteiger charge is 2.13. The van der Waals surface area contributed by atoms with Gasteiger partial charge in [0.1, 0.15) is 0 Å². The second kappa shape index (κ2) is 10.0. The quantitative estimate of drug-likeness (QED) is 0.607. The van der Waals surface area contributed by atoms with E-state index in [0.29, 0.717) is 31.0 Å². The number of aryl methyl sites for hydroxylation is 1. The van der Waals surface area contributed by atoms with Gasteiger partial charge in [-0.2, -0.15) is 10.4 Å². The van der Waals surface area contributed by atoms with Crippen LogP contribution in [0.15, 0.2) is 55.1 Å². The largest absolute Gasteiger partial charge is 0.379 e. The monoisotopic (exact) mass is 428 g/mol. The van der Waals surface area contributed by atoms with Crippen LogP contribution in [-0.4, -0.2) is 51.9 Å². The number of anilines is 1. The smallest absolute Gasteiger partial charge is 0.248 e. The second-order valence-electron chi connectivity index (χ2n) is 7.56. The predicted octanol–water partition coefficient (Wildman–Crippen LogP) is 2.84. The Morgan fingerprint density at radius 3 is 2.88 bits per heavy atom. The fraction of sp³-hybridized carbons (Fsp3) is 0.250. The van der Waals surface area contributed by atoms with Crippen molar-refractivity contribution < 1.29 is 9.53 Å². The number of carbonyl (C=O) groups excluding carboxylic acids is 1. The number of nitrogens with zero attached hydrogens (tertiary/aromatic N) is 5. The Hall–Kier alpha value is -3.80. The number of ether oxygens (including phenoxy) is 1. The van der Waals surface area contributed by atoms with Crippen LogP contribution in [0.25, 0.3) is 17.2 Å². The van der Waals surface area contributed by atoms with E-state index in [-0.39, 0.29) is 5.91 Å². The zero-order chi connectivity index (χ0) is 22.3. The third-order valence-corrected chi connectivity index (χ3v) is 5.28. The number of benzene rings is 1. The molecule has 0 saturated carbocycles. The van der Waals surface area contributed by atoms with Crippen molar-refractivity contribution in [1.29, 1.82) is 5.26 Å². The Morgan fingerprint density at radius 1 is 1.28 bits per heavy atom. The first kappa shape index (κ1) is 21.4. The van der Waals surface area contributed by atoms with E-state index in [0.717, 1.165) is 35.3 Å².